The largest absolute Gasteiger partial charge is 0.488 e. The van der Waals surface area contributed by atoms with Gasteiger partial charge in [-0.25, -0.2) is 13.3 Å². The first-order chi connectivity index (χ1) is 17.2. The number of hydrogen-bond donors (Lipinski definition) is 3. The number of rotatable bonds is 9. The summed E-state index contributed by atoms with van der Waals surface area (Å²) in [4.78, 5) is 12.1. The Balaban J connectivity index is 1.66. The summed E-state index contributed by atoms with van der Waals surface area (Å²) in [5.74, 6) is -0.573. The van der Waals surface area contributed by atoms with Gasteiger partial charge in [-0.15, -0.1) is 0 Å². The predicted molar refractivity (Wildman–Crippen MR) is 136 cm³/mol. The average molecular weight is 512 g/mol. The minimum Gasteiger partial charge on any atom is -0.488 e. The third-order valence-corrected chi connectivity index (χ3v) is 8.79. The van der Waals surface area contributed by atoms with Gasteiger partial charge in [0.05, 0.1) is 18.3 Å². The van der Waals surface area contributed by atoms with E-state index in [0.29, 0.717) is 30.2 Å². The van der Waals surface area contributed by atoms with Gasteiger partial charge in [-0.1, -0.05) is 44.2 Å². The van der Waals surface area contributed by atoms with Crippen molar-refractivity contribution in [1.29, 1.82) is 4.78 Å². The molecule has 0 saturated carbocycles. The minimum atomic E-state index is -3.28. The van der Waals surface area contributed by atoms with Gasteiger partial charge in [-0.2, -0.15) is 15.4 Å². The molecule has 9 nitrogen and oxygen atoms in total. The SMILES string of the molecule is CC[C@@H]1CN(Cc2cc(C(CC(=O)O)CC(C)c3cn[nH]n3)ccc2C)S(=N)(=O)c2ccccc2O1. The number of carboxylic acid groups (broad SMARTS) is 1. The topological polar surface area (TPSA) is 132 Å². The Labute approximate surface area is 212 Å². The van der Waals surface area contributed by atoms with Gasteiger partial charge < -0.3 is 9.84 Å². The van der Waals surface area contributed by atoms with Crippen LogP contribution in [0.1, 0.15) is 67.3 Å². The van der Waals surface area contributed by atoms with Crippen molar-refractivity contribution in [3.05, 3.63) is 71.0 Å². The Morgan fingerprint density at radius 3 is 2.81 bits per heavy atom. The number of aromatic nitrogens is 3. The number of H-pyrrole nitrogens is 1. The summed E-state index contributed by atoms with van der Waals surface area (Å²) < 4.78 is 30.5. The molecular formula is C26H33N5O4S. The molecule has 10 heteroatoms. The van der Waals surface area contributed by atoms with Gasteiger partial charge >= 0.3 is 5.97 Å². The maximum Gasteiger partial charge on any atom is 0.303 e. The molecule has 2 heterocycles. The molecule has 0 amide bonds. The number of aliphatic carboxylic acids is 1. The fraction of sp³-hybridized carbons (Fsp3) is 0.423. The molecule has 3 aromatic rings. The summed E-state index contributed by atoms with van der Waals surface area (Å²) >= 11 is 0. The van der Waals surface area contributed by atoms with Crippen LogP contribution in [0.4, 0.5) is 0 Å². The van der Waals surface area contributed by atoms with Crippen LogP contribution < -0.4 is 4.74 Å². The second kappa shape index (κ2) is 10.8. The third kappa shape index (κ3) is 5.60. The van der Waals surface area contributed by atoms with E-state index in [9.17, 15) is 14.1 Å². The lowest BCUT2D eigenvalue weighted by Gasteiger charge is -2.26. The fourth-order valence-corrected chi connectivity index (χ4v) is 6.31. The number of hydrogen-bond acceptors (Lipinski definition) is 6. The van der Waals surface area contributed by atoms with Crippen LogP contribution in [-0.4, -0.2) is 47.6 Å². The number of carboxylic acids is 1. The van der Waals surface area contributed by atoms with E-state index in [2.05, 4.69) is 15.4 Å². The predicted octanol–water partition coefficient (Wildman–Crippen LogP) is 4.86. The molecule has 3 unspecified atom stereocenters. The van der Waals surface area contributed by atoms with Crippen molar-refractivity contribution in [1.82, 2.24) is 19.7 Å². The second-order valence-electron chi connectivity index (χ2n) is 9.46. The maximum atomic E-state index is 13.8. The number of carbonyl (C=O) groups is 1. The van der Waals surface area contributed by atoms with Gasteiger partial charge in [0.25, 0.3) is 0 Å². The molecular weight excluding hydrogens is 478 g/mol. The monoisotopic (exact) mass is 511 g/mol. The lowest BCUT2D eigenvalue weighted by atomic mass is 9.85. The van der Waals surface area contributed by atoms with E-state index < -0.39 is 15.9 Å². The van der Waals surface area contributed by atoms with Gasteiger partial charge in [0.1, 0.15) is 26.7 Å². The van der Waals surface area contributed by atoms with Crippen molar-refractivity contribution in [2.45, 2.75) is 69.4 Å². The first-order valence-corrected chi connectivity index (χ1v) is 13.7. The number of benzene rings is 2. The van der Waals surface area contributed by atoms with Crippen LogP contribution in [0.25, 0.3) is 0 Å². The number of fused-ring (bicyclic) bond motifs is 1. The molecule has 4 rings (SSSR count). The molecule has 4 atom stereocenters. The molecule has 1 aromatic heterocycles. The molecule has 0 radical (unpaired) electrons. The Hall–Kier alpha value is -3.24. The van der Waals surface area contributed by atoms with Crippen LogP contribution in [0.5, 0.6) is 5.75 Å². The fourth-order valence-electron chi connectivity index (χ4n) is 4.68. The van der Waals surface area contributed by atoms with Crippen LogP contribution in [-0.2, 0) is 21.3 Å². The normalized spacial score (nSPS) is 21.7. The highest BCUT2D eigenvalue weighted by molar-refractivity contribution is 7.90. The first-order valence-electron chi connectivity index (χ1n) is 12.2. The van der Waals surface area contributed by atoms with E-state index >= 15 is 0 Å². The van der Waals surface area contributed by atoms with Crippen molar-refractivity contribution >= 4 is 15.9 Å². The second-order valence-corrected chi connectivity index (χ2v) is 11.5. The third-order valence-electron chi connectivity index (χ3n) is 6.86. The van der Waals surface area contributed by atoms with Crippen molar-refractivity contribution in [3.8, 4) is 5.75 Å². The number of ether oxygens (including phenoxy) is 1. The maximum absolute atomic E-state index is 13.8. The lowest BCUT2D eigenvalue weighted by molar-refractivity contribution is -0.137. The molecule has 1 aliphatic heterocycles. The van der Waals surface area contributed by atoms with E-state index in [1.54, 1.807) is 28.7 Å². The molecule has 0 bridgehead atoms. The van der Waals surface area contributed by atoms with E-state index in [1.807, 2.05) is 45.0 Å². The number of para-hydroxylation sites is 1. The van der Waals surface area contributed by atoms with E-state index in [0.717, 1.165) is 28.8 Å². The van der Waals surface area contributed by atoms with Crippen LogP contribution in [0.3, 0.4) is 0 Å². The number of aryl methyl sites for hydroxylation is 1. The molecule has 2 aromatic carbocycles. The molecule has 36 heavy (non-hydrogen) atoms. The highest BCUT2D eigenvalue weighted by Gasteiger charge is 2.32. The summed E-state index contributed by atoms with van der Waals surface area (Å²) in [5.41, 5.74) is 3.62. The van der Waals surface area contributed by atoms with Crippen LogP contribution in [0.15, 0.2) is 53.6 Å². The van der Waals surface area contributed by atoms with Gasteiger partial charge in [0.2, 0.25) is 0 Å². The lowest BCUT2D eigenvalue weighted by Crippen LogP contribution is -2.36. The van der Waals surface area contributed by atoms with Crippen molar-refractivity contribution < 1.29 is 18.8 Å². The zero-order chi connectivity index (χ0) is 25.9. The summed E-state index contributed by atoms with van der Waals surface area (Å²) in [6.45, 7) is 6.67. The molecule has 0 spiro atoms. The first kappa shape index (κ1) is 25.8. The van der Waals surface area contributed by atoms with Crippen LogP contribution >= 0.6 is 0 Å². The van der Waals surface area contributed by atoms with Gasteiger partial charge in [-0.3, -0.25) is 4.79 Å². The molecule has 0 fully saturated rings. The smallest absolute Gasteiger partial charge is 0.303 e. The van der Waals surface area contributed by atoms with Crippen LogP contribution in [0, 0.1) is 11.7 Å². The van der Waals surface area contributed by atoms with Gasteiger partial charge in [0.15, 0.2) is 0 Å². The van der Waals surface area contributed by atoms with Gasteiger partial charge in [0, 0.05) is 19.0 Å². The molecule has 3 N–H and O–H groups in total. The van der Waals surface area contributed by atoms with E-state index in [4.69, 9.17) is 9.52 Å². The summed E-state index contributed by atoms with van der Waals surface area (Å²) in [5, 5.41) is 20.2. The standard InChI is InChI=1S/C26H33N5O4S/c1-4-22-16-31(36(27,34)25-8-6-5-7-24(25)35-22)15-21-12-19(10-9-17(21)2)20(13-26(32)33)11-18(3)23-14-28-30-29-23/h5-10,12,14,18,20,22,27H,4,11,13,15-16H2,1-3H3,(H,32,33)(H,28,29,30)/t18?,20?,22-,36?/m1/s1. The molecule has 0 saturated heterocycles. The molecule has 1 aliphatic rings. The number of nitrogens with one attached hydrogen (secondary N) is 2. The average Bonchev–Trinajstić information content (AvgIpc) is 3.36. The highest BCUT2D eigenvalue weighted by atomic mass is 32.2. The van der Waals surface area contributed by atoms with Crippen LogP contribution in [0.2, 0.25) is 0 Å². The number of aromatic amines is 1. The van der Waals surface area contributed by atoms with Crippen molar-refractivity contribution in [3.63, 3.8) is 0 Å². The molecule has 0 aliphatic carbocycles. The Kier molecular flexibility index (Phi) is 7.75. The summed E-state index contributed by atoms with van der Waals surface area (Å²) in [7, 11) is -3.28. The molecule has 192 valence electrons. The van der Waals surface area contributed by atoms with Crippen molar-refractivity contribution in [2.24, 2.45) is 0 Å². The zero-order valence-electron chi connectivity index (χ0n) is 20.8. The van der Waals surface area contributed by atoms with E-state index in [1.165, 1.54) is 0 Å². The highest BCUT2D eigenvalue weighted by Crippen LogP contribution is 2.35. The zero-order valence-corrected chi connectivity index (χ0v) is 21.6. The number of nitrogens with zero attached hydrogens (tertiary/aromatic N) is 3. The Morgan fingerprint density at radius 2 is 2.11 bits per heavy atom. The Morgan fingerprint density at radius 1 is 1.33 bits per heavy atom. The van der Waals surface area contributed by atoms with Gasteiger partial charge in [-0.05, 0) is 54.5 Å². The summed E-state index contributed by atoms with van der Waals surface area (Å²) in [6.07, 6.45) is 2.78. The summed E-state index contributed by atoms with van der Waals surface area (Å²) in [6, 6.07) is 13.0. The quantitative estimate of drug-likeness (QED) is 0.376. The Bertz CT molecular complexity index is 1310. The van der Waals surface area contributed by atoms with Crippen molar-refractivity contribution in [2.75, 3.05) is 6.54 Å². The minimum absolute atomic E-state index is 0.0112. The van der Waals surface area contributed by atoms with E-state index in [-0.39, 0.29) is 24.4 Å².